The standard InChI is InChI=1S/C19H27F3N4O/c20-19(21,22)17-11-18(24-13-23-17)26(15-1-2-15)16-3-7-25(8-4-16)12-14-5-9-27-10-6-14/h11,13-16H,1-10,12H2. The molecule has 4 rings (SSSR count). The smallest absolute Gasteiger partial charge is 0.381 e. The van der Waals surface area contributed by atoms with Crippen LogP contribution in [0.15, 0.2) is 12.4 Å². The highest BCUT2D eigenvalue weighted by Gasteiger charge is 2.39. The molecule has 3 fully saturated rings. The van der Waals surface area contributed by atoms with Crippen LogP contribution in [-0.2, 0) is 10.9 Å². The summed E-state index contributed by atoms with van der Waals surface area (Å²) in [6.07, 6.45) is 2.91. The molecular weight excluding hydrogens is 357 g/mol. The molecule has 27 heavy (non-hydrogen) atoms. The summed E-state index contributed by atoms with van der Waals surface area (Å²) < 4.78 is 44.6. The van der Waals surface area contributed by atoms with Crippen LogP contribution in [0.5, 0.6) is 0 Å². The molecule has 1 aromatic rings. The number of likely N-dealkylation sites (tertiary alicyclic amines) is 1. The number of hydrogen-bond donors (Lipinski definition) is 0. The number of anilines is 1. The molecule has 1 aliphatic carbocycles. The van der Waals surface area contributed by atoms with E-state index < -0.39 is 11.9 Å². The monoisotopic (exact) mass is 384 g/mol. The molecule has 150 valence electrons. The van der Waals surface area contributed by atoms with Crippen LogP contribution in [0, 0.1) is 5.92 Å². The summed E-state index contributed by atoms with van der Waals surface area (Å²) in [5, 5.41) is 0. The van der Waals surface area contributed by atoms with Crippen molar-refractivity contribution in [3.63, 3.8) is 0 Å². The number of aromatic nitrogens is 2. The number of piperidine rings is 1. The maximum Gasteiger partial charge on any atom is 0.433 e. The Morgan fingerprint density at radius 3 is 2.30 bits per heavy atom. The number of hydrogen-bond acceptors (Lipinski definition) is 5. The van der Waals surface area contributed by atoms with Gasteiger partial charge in [0, 0.05) is 51.0 Å². The van der Waals surface area contributed by atoms with Gasteiger partial charge >= 0.3 is 6.18 Å². The Hall–Kier alpha value is -1.41. The third kappa shape index (κ3) is 4.71. The van der Waals surface area contributed by atoms with Gasteiger partial charge in [-0.15, -0.1) is 0 Å². The van der Waals surface area contributed by atoms with Crippen LogP contribution in [0.25, 0.3) is 0 Å². The van der Waals surface area contributed by atoms with Gasteiger partial charge in [0.05, 0.1) is 0 Å². The minimum absolute atomic E-state index is 0.263. The van der Waals surface area contributed by atoms with Gasteiger partial charge in [-0.3, -0.25) is 0 Å². The highest BCUT2D eigenvalue weighted by atomic mass is 19.4. The lowest BCUT2D eigenvalue weighted by molar-refractivity contribution is -0.141. The zero-order valence-electron chi connectivity index (χ0n) is 15.5. The van der Waals surface area contributed by atoms with E-state index in [1.165, 1.54) is 0 Å². The van der Waals surface area contributed by atoms with Gasteiger partial charge in [-0.2, -0.15) is 13.2 Å². The van der Waals surface area contributed by atoms with E-state index in [-0.39, 0.29) is 6.04 Å². The molecule has 2 aliphatic heterocycles. The van der Waals surface area contributed by atoms with Crippen molar-refractivity contribution in [1.82, 2.24) is 14.9 Å². The van der Waals surface area contributed by atoms with E-state index in [9.17, 15) is 13.2 Å². The molecule has 0 N–H and O–H groups in total. The molecule has 0 amide bonds. The van der Waals surface area contributed by atoms with Crippen molar-refractivity contribution in [2.45, 2.75) is 56.8 Å². The largest absolute Gasteiger partial charge is 0.433 e. The molecule has 8 heteroatoms. The van der Waals surface area contributed by atoms with Crippen LogP contribution in [0.3, 0.4) is 0 Å². The number of alkyl halides is 3. The molecule has 5 nitrogen and oxygen atoms in total. The van der Waals surface area contributed by atoms with Crippen LogP contribution in [0.1, 0.15) is 44.2 Å². The number of nitrogens with zero attached hydrogens (tertiary/aromatic N) is 4. The second-order valence-electron chi connectivity index (χ2n) is 7.99. The average molecular weight is 384 g/mol. The summed E-state index contributed by atoms with van der Waals surface area (Å²) in [6.45, 7) is 4.85. The Bertz CT molecular complexity index is 624. The molecular formula is C19H27F3N4O. The Labute approximate surface area is 157 Å². The van der Waals surface area contributed by atoms with Crippen molar-refractivity contribution in [2.75, 3.05) is 37.7 Å². The summed E-state index contributed by atoms with van der Waals surface area (Å²) in [5.41, 5.74) is -0.852. The number of ether oxygens (including phenoxy) is 1. The number of halogens is 3. The van der Waals surface area contributed by atoms with E-state index in [1.54, 1.807) is 0 Å². The third-order valence-electron chi connectivity index (χ3n) is 5.96. The first-order valence-electron chi connectivity index (χ1n) is 9.98. The summed E-state index contributed by atoms with van der Waals surface area (Å²) >= 11 is 0. The molecule has 0 atom stereocenters. The van der Waals surface area contributed by atoms with Gasteiger partial charge in [-0.1, -0.05) is 0 Å². The fraction of sp³-hybridized carbons (Fsp3) is 0.789. The highest BCUT2D eigenvalue weighted by Crippen LogP contribution is 2.37. The topological polar surface area (TPSA) is 41.5 Å². The minimum Gasteiger partial charge on any atom is -0.381 e. The zero-order chi connectivity index (χ0) is 18.9. The average Bonchev–Trinajstić information content (AvgIpc) is 3.49. The van der Waals surface area contributed by atoms with E-state index in [2.05, 4.69) is 19.8 Å². The highest BCUT2D eigenvalue weighted by molar-refractivity contribution is 5.44. The number of rotatable bonds is 5. The van der Waals surface area contributed by atoms with Gasteiger partial charge in [-0.05, 0) is 44.4 Å². The minimum atomic E-state index is -4.43. The fourth-order valence-corrected chi connectivity index (χ4v) is 4.34. The van der Waals surface area contributed by atoms with Gasteiger partial charge in [0.15, 0.2) is 0 Å². The van der Waals surface area contributed by atoms with E-state index >= 15 is 0 Å². The van der Waals surface area contributed by atoms with E-state index in [0.29, 0.717) is 17.8 Å². The van der Waals surface area contributed by atoms with Crippen molar-refractivity contribution in [1.29, 1.82) is 0 Å². The first-order chi connectivity index (χ1) is 13.0. The van der Waals surface area contributed by atoms with E-state index in [1.807, 2.05) is 0 Å². The molecule has 0 bridgehead atoms. The molecule has 2 saturated heterocycles. The lowest BCUT2D eigenvalue weighted by Crippen LogP contribution is -2.47. The molecule has 1 aromatic heterocycles. The third-order valence-corrected chi connectivity index (χ3v) is 5.96. The predicted molar refractivity (Wildman–Crippen MR) is 95.5 cm³/mol. The summed E-state index contributed by atoms with van der Waals surface area (Å²) in [6, 6.07) is 1.71. The van der Waals surface area contributed by atoms with Crippen molar-refractivity contribution in [2.24, 2.45) is 5.92 Å². The Kier molecular flexibility index (Phi) is 5.55. The second-order valence-corrected chi connectivity index (χ2v) is 7.99. The van der Waals surface area contributed by atoms with Crippen molar-refractivity contribution >= 4 is 5.82 Å². The predicted octanol–water partition coefficient (Wildman–Crippen LogP) is 3.36. The summed E-state index contributed by atoms with van der Waals surface area (Å²) in [5.74, 6) is 1.15. The van der Waals surface area contributed by atoms with Crippen LogP contribution >= 0.6 is 0 Å². The molecule has 3 heterocycles. The fourth-order valence-electron chi connectivity index (χ4n) is 4.34. The lowest BCUT2D eigenvalue weighted by Gasteiger charge is -2.40. The maximum absolute atomic E-state index is 13.0. The van der Waals surface area contributed by atoms with Crippen molar-refractivity contribution in [3.8, 4) is 0 Å². The SMILES string of the molecule is FC(F)(F)c1cc(N(C2CC2)C2CCN(CC3CCOCC3)CC2)ncn1. The summed E-state index contributed by atoms with van der Waals surface area (Å²) in [4.78, 5) is 12.3. The molecule has 0 aromatic carbocycles. The normalized spacial score (nSPS) is 23.5. The van der Waals surface area contributed by atoms with Gasteiger partial charge in [0.2, 0.25) is 0 Å². The quantitative estimate of drug-likeness (QED) is 0.779. The summed E-state index contributed by atoms with van der Waals surface area (Å²) in [7, 11) is 0. The van der Waals surface area contributed by atoms with Gasteiger partial charge < -0.3 is 14.5 Å². The second kappa shape index (κ2) is 7.91. The van der Waals surface area contributed by atoms with Gasteiger partial charge in [0.25, 0.3) is 0 Å². The zero-order valence-corrected chi connectivity index (χ0v) is 15.5. The van der Waals surface area contributed by atoms with Crippen LogP contribution in [0.4, 0.5) is 19.0 Å². The molecule has 0 radical (unpaired) electrons. The van der Waals surface area contributed by atoms with Crippen LogP contribution in [0.2, 0.25) is 0 Å². The molecule has 0 unspecified atom stereocenters. The van der Waals surface area contributed by atoms with Crippen molar-refractivity contribution in [3.05, 3.63) is 18.1 Å². The molecule has 0 spiro atoms. The Balaban J connectivity index is 1.39. The van der Waals surface area contributed by atoms with Crippen LogP contribution < -0.4 is 4.90 Å². The van der Waals surface area contributed by atoms with Gasteiger partial charge in [0.1, 0.15) is 17.8 Å². The van der Waals surface area contributed by atoms with E-state index in [4.69, 9.17) is 4.74 Å². The first-order valence-corrected chi connectivity index (χ1v) is 9.98. The van der Waals surface area contributed by atoms with E-state index in [0.717, 1.165) is 83.8 Å². The molecule has 1 saturated carbocycles. The maximum atomic E-state index is 13.0. The van der Waals surface area contributed by atoms with Gasteiger partial charge in [-0.25, -0.2) is 9.97 Å². The Morgan fingerprint density at radius 1 is 1.00 bits per heavy atom. The lowest BCUT2D eigenvalue weighted by atomic mass is 9.97. The van der Waals surface area contributed by atoms with Crippen molar-refractivity contribution < 1.29 is 17.9 Å². The van der Waals surface area contributed by atoms with Crippen LogP contribution in [-0.4, -0.2) is 59.8 Å². The first kappa shape index (κ1) is 18.9. The Morgan fingerprint density at radius 2 is 1.67 bits per heavy atom. The molecule has 3 aliphatic rings.